The molecule has 0 bridgehead atoms. The number of nitrogens with two attached hydrogens (primary N) is 1. The molecule has 3 nitrogen and oxygen atoms in total. The third-order valence-corrected chi connectivity index (χ3v) is 3.31. The van der Waals surface area contributed by atoms with Crippen molar-refractivity contribution >= 4 is 27.5 Å². The Morgan fingerprint density at radius 1 is 1.56 bits per heavy atom. The van der Waals surface area contributed by atoms with Crippen LogP contribution in [0.5, 0.6) is 0 Å². The summed E-state index contributed by atoms with van der Waals surface area (Å²) in [5, 5.41) is 0. The zero-order chi connectivity index (χ0) is 11.7. The predicted octanol–water partition coefficient (Wildman–Crippen LogP) is 2.51. The first-order valence-electron chi connectivity index (χ1n) is 5.38. The molecule has 1 amide bonds. The third-order valence-electron chi connectivity index (χ3n) is 2.82. The number of nitrogens with zero attached hydrogens (tertiary/aromatic N) is 1. The van der Waals surface area contributed by atoms with Crippen LogP contribution in [0.3, 0.4) is 0 Å². The Hall–Kier alpha value is -1.03. The van der Waals surface area contributed by atoms with Crippen molar-refractivity contribution in [2.24, 2.45) is 5.92 Å². The Labute approximate surface area is 104 Å². The standard InChI is InChI=1S/C12H15BrN2O/c1-15(7-8-2-3-8)12(16)10-6-9(13)4-5-11(10)14/h4-6,8H,2-3,7,14H2,1H3. The highest BCUT2D eigenvalue weighted by Gasteiger charge is 2.25. The SMILES string of the molecule is CN(CC1CC1)C(=O)c1cc(Br)ccc1N. The number of hydrogen-bond acceptors (Lipinski definition) is 2. The van der Waals surface area contributed by atoms with Crippen LogP contribution in [0, 0.1) is 5.92 Å². The molecule has 1 aliphatic carbocycles. The molecule has 4 heteroatoms. The normalized spacial score (nSPS) is 14.9. The molecule has 0 aromatic heterocycles. The van der Waals surface area contributed by atoms with Crippen molar-refractivity contribution in [1.82, 2.24) is 4.90 Å². The van der Waals surface area contributed by atoms with Gasteiger partial charge in [-0.1, -0.05) is 15.9 Å². The quantitative estimate of drug-likeness (QED) is 0.866. The van der Waals surface area contributed by atoms with E-state index >= 15 is 0 Å². The number of nitrogen functional groups attached to an aromatic ring is 1. The first kappa shape index (κ1) is 11.5. The lowest BCUT2D eigenvalue weighted by molar-refractivity contribution is 0.0789. The molecule has 0 unspecified atom stereocenters. The fourth-order valence-corrected chi connectivity index (χ4v) is 2.05. The van der Waals surface area contributed by atoms with Crippen LogP contribution in [0.25, 0.3) is 0 Å². The Balaban J connectivity index is 2.14. The first-order valence-corrected chi connectivity index (χ1v) is 6.17. The van der Waals surface area contributed by atoms with Gasteiger partial charge in [-0.25, -0.2) is 0 Å². The van der Waals surface area contributed by atoms with E-state index in [4.69, 9.17) is 5.73 Å². The minimum Gasteiger partial charge on any atom is -0.398 e. The molecule has 0 saturated heterocycles. The second-order valence-corrected chi connectivity index (χ2v) is 5.28. The molecule has 0 aliphatic heterocycles. The van der Waals surface area contributed by atoms with Crippen LogP contribution in [0.4, 0.5) is 5.69 Å². The number of rotatable bonds is 3. The van der Waals surface area contributed by atoms with Gasteiger partial charge >= 0.3 is 0 Å². The maximum atomic E-state index is 12.1. The number of carbonyl (C=O) groups excluding carboxylic acids is 1. The lowest BCUT2D eigenvalue weighted by atomic mass is 10.1. The van der Waals surface area contributed by atoms with Gasteiger partial charge in [0, 0.05) is 23.8 Å². The van der Waals surface area contributed by atoms with Crippen molar-refractivity contribution in [3.63, 3.8) is 0 Å². The lowest BCUT2D eigenvalue weighted by Crippen LogP contribution is -2.29. The number of benzene rings is 1. The van der Waals surface area contributed by atoms with E-state index in [1.807, 2.05) is 13.1 Å². The molecule has 1 aromatic carbocycles. The van der Waals surface area contributed by atoms with Gasteiger partial charge in [0.05, 0.1) is 5.56 Å². The number of carbonyl (C=O) groups is 1. The molecular formula is C12H15BrN2O. The van der Waals surface area contributed by atoms with Gasteiger partial charge in [0.1, 0.15) is 0 Å². The molecule has 0 radical (unpaired) electrons. The van der Waals surface area contributed by atoms with Gasteiger partial charge in [0.2, 0.25) is 0 Å². The summed E-state index contributed by atoms with van der Waals surface area (Å²) in [5.74, 6) is 0.702. The average Bonchev–Trinajstić information content (AvgIpc) is 3.04. The molecule has 16 heavy (non-hydrogen) atoms. The van der Waals surface area contributed by atoms with Crippen LogP contribution >= 0.6 is 15.9 Å². The minimum absolute atomic E-state index is 0.00528. The lowest BCUT2D eigenvalue weighted by Gasteiger charge is -2.18. The third kappa shape index (κ3) is 2.55. The maximum Gasteiger partial charge on any atom is 0.255 e. The summed E-state index contributed by atoms with van der Waals surface area (Å²) in [6, 6.07) is 5.37. The monoisotopic (exact) mass is 282 g/mol. The van der Waals surface area contributed by atoms with Gasteiger partial charge in [0.15, 0.2) is 0 Å². The van der Waals surface area contributed by atoms with Crippen molar-refractivity contribution in [3.8, 4) is 0 Å². The van der Waals surface area contributed by atoms with E-state index in [1.165, 1.54) is 12.8 Å². The van der Waals surface area contributed by atoms with Crippen LogP contribution in [0.1, 0.15) is 23.2 Å². The van der Waals surface area contributed by atoms with Crippen molar-refractivity contribution < 1.29 is 4.79 Å². The molecule has 0 spiro atoms. The Bertz CT molecular complexity index is 415. The van der Waals surface area contributed by atoms with Crippen LogP contribution in [0.15, 0.2) is 22.7 Å². The highest BCUT2D eigenvalue weighted by molar-refractivity contribution is 9.10. The number of halogens is 1. The van der Waals surface area contributed by atoms with Gasteiger partial charge < -0.3 is 10.6 Å². The number of amides is 1. The summed E-state index contributed by atoms with van der Waals surface area (Å²) < 4.78 is 0.880. The first-order chi connectivity index (χ1) is 7.58. The zero-order valence-electron chi connectivity index (χ0n) is 9.24. The molecule has 1 aliphatic rings. The van der Waals surface area contributed by atoms with Crippen molar-refractivity contribution in [1.29, 1.82) is 0 Å². The molecule has 0 heterocycles. The second-order valence-electron chi connectivity index (χ2n) is 4.36. The molecule has 1 fully saturated rings. The fraction of sp³-hybridized carbons (Fsp3) is 0.417. The molecule has 86 valence electrons. The predicted molar refractivity (Wildman–Crippen MR) is 68.2 cm³/mol. The summed E-state index contributed by atoms with van der Waals surface area (Å²) in [6.45, 7) is 0.838. The van der Waals surface area contributed by atoms with E-state index in [2.05, 4.69) is 15.9 Å². The minimum atomic E-state index is 0.00528. The van der Waals surface area contributed by atoms with Gasteiger partial charge in [-0.3, -0.25) is 4.79 Å². The molecule has 1 saturated carbocycles. The summed E-state index contributed by atoms with van der Waals surface area (Å²) in [6.07, 6.45) is 2.48. The summed E-state index contributed by atoms with van der Waals surface area (Å²) in [5.41, 5.74) is 6.93. The van der Waals surface area contributed by atoms with E-state index in [0.717, 1.165) is 11.0 Å². The summed E-state index contributed by atoms with van der Waals surface area (Å²) in [7, 11) is 1.83. The Morgan fingerprint density at radius 3 is 2.88 bits per heavy atom. The van der Waals surface area contributed by atoms with Gasteiger partial charge in [0.25, 0.3) is 5.91 Å². The van der Waals surface area contributed by atoms with E-state index in [-0.39, 0.29) is 5.91 Å². The largest absolute Gasteiger partial charge is 0.398 e. The fourth-order valence-electron chi connectivity index (χ4n) is 1.69. The Morgan fingerprint density at radius 2 is 2.25 bits per heavy atom. The molecule has 0 atom stereocenters. The van der Waals surface area contributed by atoms with Gasteiger partial charge in [-0.15, -0.1) is 0 Å². The topological polar surface area (TPSA) is 46.3 Å². The van der Waals surface area contributed by atoms with Crippen LogP contribution in [-0.2, 0) is 0 Å². The number of hydrogen-bond donors (Lipinski definition) is 1. The van der Waals surface area contributed by atoms with E-state index in [9.17, 15) is 4.79 Å². The molecule has 2 N–H and O–H groups in total. The average molecular weight is 283 g/mol. The van der Waals surface area contributed by atoms with Crippen LogP contribution in [-0.4, -0.2) is 24.4 Å². The number of anilines is 1. The van der Waals surface area contributed by atoms with E-state index in [0.29, 0.717) is 17.2 Å². The highest BCUT2D eigenvalue weighted by Crippen LogP contribution is 2.30. The van der Waals surface area contributed by atoms with Crippen LogP contribution in [0.2, 0.25) is 0 Å². The summed E-state index contributed by atoms with van der Waals surface area (Å²) in [4.78, 5) is 13.9. The zero-order valence-corrected chi connectivity index (χ0v) is 10.8. The Kier molecular flexibility index (Phi) is 3.19. The van der Waals surface area contributed by atoms with Gasteiger partial charge in [-0.05, 0) is 37.0 Å². The van der Waals surface area contributed by atoms with Crippen molar-refractivity contribution in [3.05, 3.63) is 28.2 Å². The molecular weight excluding hydrogens is 268 g/mol. The second kappa shape index (κ2) is 4.45. The van der Waals surface area contributed by atoms with Crippen molar-refractivity contribution in [2.75, 3.05) is 19.3 Å². The molecule has 1 aromatic rings. The van der Waals surface area contributed by atoms with Crippen LogP contribution < -0.4 is 5.73 Å². The smallest absolute Gasteiger partial charge is 0.255 e. The van der Waals surface area contributed by atoms with Crippen molar-refractivity contribution in [2.45, 2.75) is 12.8 Å². The van der Waals surface area contributed by atoms with E-state index in [1.54, 1.807) is 17.0 Å². The molecule has 2 rings (SSSR count). The maximum absolute atomic E-state index is 12.1. The highest BCUT2D eigenvalue weighted by atomic mass is 79.9. The van der Waals surface area contributed by atoms with Gasteiger partial charge in [-0.2, -0.15) is 0 Å². The summed E-state index contributed by atoms with van der Waals surface area (Å²) >= 11 is 3.35. The van der Waals surface area contributed by atoms with E-state index < -0.39 is 0 Å².